The normalized spacial score (nSPS) is 10.4. The highest BCUT2D eigenvalue weighted by atomic mass is 35.5. The van der Waals surface area contributed by atoms with Gasteiger partial charge in [0.25, 0.3) is 0 Å². The molecule has 0 fully saturated rings. The van der Waals surface area contributed by atoms with Crippen LogP contribution in [0.15, 0.2) is 24.7 Å². The molecule has 0 saturated carbocycles. The van der Waals surface area contributed by atoms with Crippen molar-refractivity contribution >= 4 is 40.4 Å². The third-order valence-corrected chi connectivity index (χ3v) is 2.55. The van der Waals surface area contributed by atoms with Gasteiger partial charge in [-0.1, -0.05) is 35.4 Å². The van der Waals surface area contributed by atoms with E-state index in [1.165, 1.54) is 6.20 Å². The number of hydrogen-bond donors (Lipinski definition) is 1. The van der Waals surface area contributed by atoms with Crippen molar-refractivity contribution in [1.82, 2.24) is 14.5 Å². The van der Waals surface area contributed by atoms with Gasteiger partial charge in [-0.15, -0.1) is 0 Å². The smallest absolute Gasteiger partial charge is 0.173 e. The van der Waals surface area contributed by atoms with Crippen LogP contribution in [0.3, 0.4) is 0 Å². The van der Waals surface area contributed by atoms with E-state index in [4.69, 9.17) is 41.2 Å². The van der Waals surface area contributed by atoms with Crippen LogP contribution in [0.2, 0.25) is 10.0 Å². The molecule has 0 aliphatic rings. The Morgan fingerprint density at radius 3 is 2.75 bits per heavy atom. The second kappa shape index (κ2) is 4.37. The molecule has 2 rings (SSSR count). The first kappa shape index (κ1) is 11.3. The lowest BCUT2D eigenvalue weighted by Crippen LogP contribution is -2.16. The van der Waals surface area contributed by atoms with Gasteiger partial charge >= 0.3 is 0 Å². The lowest BCUT2D eigenvalue weighted by atomic mass is 10.4. The van der Waals surface area contributed by atoms with Crippen molar-refractivity contribution < 1.29 is 0 Å². The molecule has 0 amide bonds. The second-order valence-electron chi connectivity index (χ2n) is 2.94. The summed E-state index contributed by atoms with van der Waals surface area (Å²) in [5.41, 5.74) is 5.53. The van der Waals surface area contributed by atoms with Crippen molar-refractivity contribution in [2.75, 3.05) is 0 Å². The summed E-state index contributed by atoms with van der Waals surface area (Å²) in [6, 6.07) is 1.59. The number of nitrogens with zero attached hydrogens (tertiary/aromatic N) is 3. The van der Waals surface area contributed by atoms with Gasteiger partial charge in [-0.25, -0.2) is 9.97 Å². The Labute approximate surface area is 107 Å². The third-order valence-electron chi connectivity index (χ3n) is 1.88. The molecule has 0 atom stereocenters. The Bertz CT molecular complexity index is 552. The van der Waals surface area contributed by atoms with Crippen molar-refractivity contribution in [3.63, 3.8) is 0 Å². The van der Waals surface area contributed by atoms with Gasteiger partial charge in [-0.2, -0.15) is 0 Å². The van der Waals surface area contributed by atoms with Crippen LogP contribution in [0.4, 0.5) is 0 Å². The van der Waals surface area contributed by atoms with Crippen LogP contribution >= 0.6 is 35.4 Å². The molecule has 0 saturated heterocycles. The van der Waals surface area contributed by atoms with Gasteiger partial charge in [0.2, 0.25) is 0 Å². The standard InChI is InChI=1S/C9H6Cl2N4S/c10-5-3-6(11)8(14-4-5)15-2-1-13-9(15)7(12)16/h1-4H,(H2,12,16). The zero-order valence-electron chi connectivity index (χ0n) is 7.89. The number of imidazole rings is 1. The van der Waals surface area contributed by atoms with E-state index < -0.39 is 0 Å². The maximum absolute atomic E-state index is 6.02. The molecule has 2 aromatic heterocycles. The van der Waals surface area contributed by atoms with Gasteiger partial charge in [0.1, 0.15) is 4.99 Å². The van der Waals surface area contributed by atoms with Crippen LogP contribution in [0.5, 0.6) is 0 Å². The lowest BCUT2D eigenvalue weighted by Gasteiger charge is -2.07. The van der Waals surface area contributed by atoms with E-state index in [0.717, 1.165) is 0 Å². The molecule has 0 radical (unpaired) electrons. The monoisotopic (exact) mass is 272 g/mol. The molecule has 2 N–H and O–H groups in total. The number of aromatic nitrogens is 3. The summed E-state index contributed by atoms with van der Waals surface area (Å²) in [6.45, 7) is 0. The number of halogens is 2. The number of pyridine rings is 1. The fourth-order valence-electron chi connectivity index (χ4n) is 1.24. The second-order valence-corrected chi connectivity index (χ2v) is 4.23. The Balaban J connectivity index is 2.59. The van der Waals surface area contributed by atoms with Crippen molar-refractivity contribution in [3.8, 4) is 5.82 Å². The highest BCUT2D eigenvalue weighted by Crippen LogP contribution is 2.22. The summed E-state index contributed by atoms with van der Waals surface area (Å²) in [6.07, 6.45) is 4.74. The molecular weight excluding hydrogens is 267 g/mol. The molecule has 82 valence electrons. The molecular formula is C9H6Cl2N4S. The average Bonchev–Trinajstić information content (AvgIpc) is 2.66. The Hall–Kier alpha value is -1.17. The first-order valence-electron chi connectivity index (χ1n) is 4.24. The molecule has 0 unspecified atom stereocenters. The first-order chi connectivity index (χ1) is 7.59. The summed E-state index contributed by atoms with van der Waals surface area (Å²) in [5.74, 6) is 0.929. The fourth-order valence-corrected chi connectivity index (χ4v) is 1.86. The van der Waals surface area contributed by atoms with Crippen LogP contribution < -0.4 is 5.73 Å². The number of thiocarbonyl (C=S) groups is 1. The van der Waals surface area contributed by atoms with Crippen molar-refractivity contribution in [3.05, 3.63) is 40.5 Å². The van der Waals surface area contributed by atoms with E-state index in [9.17, 15) is 0 Å². The predicted molar refractivity (Wildman–Crippen MR) is 67.3 cm³/mol. The molecule has 0 aliphatic heterocycles. The highest BCUT2D eigenvalue weighted by molar-refractivity contribution is 7.80. The van der Waals surface area contributed by atoms with Crippen molar-refractivity contribution in [2.45, 2.75) is 0 Å². The van der Waals surface area contributed by atoms with Gasteiger partial charge in [0.05, 0.1) is 10.0 Å². The highest BCUT2D eigenvalue weighted by Gasteiger charge is 2.11. The zero-order valence-corrected chi connectivity index (χ0v) is 10.2. The van der Waals surface area contributed by atoms with Crippen LogP contribution in [0, 0.1) is 0 Å². The molecule has 4 nitrogen and oxygen atoms in total. The lowest BCUT2D eigenvalue weighted by molar-refractivity contribution is 0.978. The van der Waals surface area contributed by atoms with E-state index >= 15 is 0 Å². The molecule has 2 heterocycles. The van der Waals surface area contributed by atoms with Crippen LogP contribution in [-0.2, 0) is 0 Å². The first-order valence-corrected chi connectivity index (χ1v) is 5.40. The molecule has 0 aliphatic carbocycles. The summed E-state index contributed by atoms with van der Waals surface area (Å²) in [7, 11) is 0. The molecule has 0 bridgehead atoms. The summed E-state index contributed by atoms with van der Waals surface area (Å²) in [5, 5.41) is 0.869. The third kappa shape index (κ3) is 2.02. The van der Waals surface area contributed by atoms with Crippen molar-refractivity contribution in [2.24, 2.45) is 5.73 Å². The fraction of sp³-hybridized carbons (Fsp3) is 0. The van der Waals surface area contributed by atoms with Gasteiger partial charge in [0, 0.05) is 18.6 Å². The minimum atomic E-state index is 0.179. The predicted octanol–water partition coefficient (Wildman–Crippen LogP) is 2.21. The van der Waals surface area contributed by atoms with E-state index in [1.54, 1.807) is 23.0 Å². The van der Waals surface area contributed by atoms with Crippen molar-refractivity contribution in [1.29, 1.82) is 0 Å². The average molecular weight is 273 g/mol. The molecule has 16 heavy (non-hydrogen) atoms. The summed E-state index contributed by atoms with van der Waals surface area (Å²) >= 11 is 16.6. The maximum Gasteiger partial charge on any atom is 0.173 e. The van der Waals surface area contributed by atoms with E-state index in [0.29, 0.717) is 21.7 Å². The summed E-state index contributed by atoms with van der Waals surface area (Å²) in [4.78, 5) is 8.31. The Morgan fingerprint density at radius 1 is 1.38 bits per heavy atom. The maximum atomic E-state index is 6.02. The van der Waals surface area contributed by atoms with E-state index in [1.807, 2.05) is 0 Å². The zero-order chi connectivity index (χ0) is 11.7. The Kier molecular flexibility index (Phi) is 3.09. The molecule has 2 aromatic rings. The van der Waals surface area contributed by atoms with Crippen LogP contribution in [0.25, 0.3) is 5.82 Å². The minimum Gasteiger partial charge on any atom is -0.387 e. The van der Waals surface area contributed by atoms with Gasteiger partial charge < -0.3 is 5.73 Å². The van der Waals surface area contributed by atoms with Gasteiger partial charge in [-0.3, -0.25) is 4.57 Å². The Morgan fingerprint density at radius 2 is 2.12 bits per heavy atom. The SMILES string of the molecule is NC(=S)c1nccn1-c1ncc(Cl)cc1Cl. The quantitative estimate of drug-likeness (QED) is 0.852. The van der Waals surface area contributed by atoms with E-state index in [-0.39, 0.29) is 4.99 Å². The number of hydrogen-bond acceptors (Lipinski definition) is 3. The largest absolute Gasteiger partial charge is 0.387 e. The van der Waals surface area contributed by atoms with Crippen LogP contribution in [0.1, 0.15) is 5.82 Å². The molecule has 0 spiro atoms. The summed E-state index contributed by atoms with van der Waals surface area (Å²) < 4.78 is 1.61. The van der Waals surface area contributed by atoms with Crippen LogP contribution in [-0.4, -0.2) is 19.5 Å². The van der Waals surface area contributed by atoms with E-state index in [2.05, 4.69) is 9.97 Å². The topological polar surface area (TPSA) is 56.7 Å². The van der Waals surface area contributed by atoms with Gasteiger partial charge in [-0.05, 0) is 6.07 Å². The van der Waals surface area contributed by atoms with Gasteiger partial charge in [0.15, 0.2) is 11.6 Å². The molecule has 7 heteroatoms. The minimum absolute atomic E-state index is 0.179. The molecule has 0 aromatic carbocycles. The number of rotatable bonds is 2. The number of nitrogens with two attached hydrogens (primary N) is 1.